The summed E-state index contributed by atoms with van der Waals surface area (Å²) in [7, 11) is 0. The van der Waals surface area contributed by atoms with Crippen molar-refractivity contribution in [1.82, 2.24) is 14.9 Å². The smallest absolute Gasteiger partial charge is 0.255 e. The summed E-state index contributed by atoms with van der Waals surface area (Å²) in [5.74, 6) is -0.431. The molecule has 2 aromatic rings. The first kappa shape index (κ1) is 14.9. The molecular weight excluding hydrogens is 353 g/mol. The van der Waals surface area contributed by atoms with Crippen LogP contribution >= 0.6 is 15.9 Å². The topological polar surface area (TPSA) is 55.3 Å². The van der Waals surface area contributed by atoms with Crippen LogP contribution in [-0.4, -0.2) is 40.0 Å². The lowest BCUT2D eigenvalue weighted by Gasteiger charge is -2.17. The van der Waals surface area contributed by atoms with Crippen molar-refractivity contribution in [1.29, 1.82) is 0 Å². The zero-order valence-electron chi connectivity index (χ0n) is 11.6. The zero-order chi connectivity index (χ0) is 15.5. The maximum absolute atomic E-state index is 13.0. The van der Waals surface area contributed by atoms with Gasteiger partial charge in [-0.2, -0.15) is 9.37 Å². The second kappa shape index (κ2) is 6.39. The maximum Gasteiger partial charge on any atom is 0.255 e. The summed E-state index contributed by atoms with van der Waals surface area (Å²) in [5, 5.41) is 0. The van der Waals surface area contributed by atoms with Crippen LogP contribution in [-0.2, 0) is 0 Å². The van der Waals surface area contributed by atoms with Gasteiger partial charge in [0.15, 0.2) is 0 Å². The van der Waals surface area contributed by atoms with Crippen LogP contribution in [0, 0.1) is 5.95 Å². The van der Waals surface area contributed by atoms with Gasteiger partial charge in [0.1, 0.15) is 6.10 Å². The van der Waals surface area contributed by atoms with E-state index in [1.165, 1.54) is 12.3 Å². The molecule has 114 valence electrons. The molecule has 5 nitrogen and oxygen atoms in total. The summed E-state index contributed by atoms with van der Waals surface area (Å²) in [6.45, 7) is 1.04. The fraction of sp³-hybridized carbons (Fsp3) is 0.267. The third-order valence-electron chi connectivity index (χ3n) is 3.36. The number of likely N-dealkylation sites (tertiary alicyclic amines) is 1. The average Bonchev–Trinajstić information content (AvgIpc) is 2.95. The van der Waals surface area contributed by atoms with Crippen LogP contribution in [0.5, 0.6) is 5.88 Å². The van der Waals surface area contributed by atoms with Gasteiger partial charge in [-0.1, -0.05) is 6.07 Å². The Morgan fingerprint density at radius 3 is 3.05 bits per heavy atom. The van der Waals surface area contributed by atoms with Crippen LogP contribution in [0.3, 0.4) is 0 Å². The van der Waals surface area contributed by atoms with Crippen LogP contribution in [0.25, 0.3) is 0 Å². The Bertz CT molecular complexity index is 698. The second-order valence-electron chi connectivity index (χ2n) is 4.97. The van der Waals surface area contributed by atoms with E-state index < -0.39 is 5.95 Å². The van der Waals surface area contributed by atoms with Gasteiger partial charge in [-0.3, -0.25) is 9.78 Å². The Balaban J connectivity index is 1.63. The summed E-state index contributed by atoms with van der Waals surface area (Å²) >= 11 is 3.30. The lowest BCUT2D eigenvalue weighted by Crippen LogP contribution is -2.31. The molecule has 0 bridgehead atoms. The third-order valence-corrected chi connectivity index (χ3v) is 3.79. The number of halogens is 2. The predicted octanol–water partition coefficient (Wildman–Crippen LogP) is 2.67. The van der Waals surface area contributed by atoms with Gasteiger partial charge in [0, 0.05) is 35.9 Å². The fourth-order valence-corrected chi connectivity index (χ4v) is 2.71. The summed E-state index contributed by atoms with van der Waals surface area (Å²) < 4.78 is 19.4. The van der Waals surface area contributed by atoms with Crippen molar-refractivity contribution in [2.75, 3.05) is 13.1 Å². The third kappa shape index (κ3) is 3.41. The Morgan fingerprint density at radius 1 is 1.41 bits per heavy atom. The molecule has 7 heteroatoms. The molecule has 1 amide bonds. The van der Waals surface area contributed by atoms with Gasteiger partial charge < -0.3 is 9.64 Å². The van der Waals surface area contributed by atoms with Gasteiger partial charge in [-0.25, -0.2) is 0 Å². The molecular formula is C15H13BrFN3O2. The van der Waals surface area contributed by atoms with Crippen molar-refractivity contribution in [3.8, 4) is 5.88 Å². The molecule has 1 aliphatic rings. The van der Waals surface area contributed by atoms with Crippen LogP contribution in [0.2, 0.25) is 0 Å². The van der Waals surface area contributed by atoms with Crippen molar-refractivity contribution in [3.63, 3.8) is 0 Å². The number of ether oxygens (including phenoxy) is 1. The van der Waals surface area contributed by atoms with Gasteiger partial charge >= 0.3 is 0 Å². The van der Waals surface area contributed by atoms with Crippen LogP contribution in [0.1, 0.15) is 16.8 Å². The van der Waals surface area contributed by atoms with E-state index in [0.29, 0.717) is 25.1 Å². The van der Waals surface area contributed by atoms with E-state index >= 15 is 0 Å². The summed E-state index contributed by atoms with van der Waals surface area (Å²) in [6.07, 6.45) is 3.67. The molecule has 0 N–H and O–H groups in total. The van der Waals surface area contributed by atoms with Gasteiger partial charge in [-0.05, 0) is 28.1 Å². The van der Waals surface area contributed by atoms with Gasteiger partial charge in [0.05, 0.1) is 12.1 Å². The van der Waals surface area contributed by atoms with Crippen molar-refractivity contribution in [2.45, 2.75) is 12.5 Å². The van der Waals surface area contributed by atoms with Gasteiger partial charge in [0.2, 0.25) is 11.8 Å². The molecule has 1 unspecified atom stereocenters. The number of carbonyl (C=O) groups excluding carboxylic acids is 1. The molecule has 2 aromatic heterocycles. The monoisotopic (exact) mass is 365 g/mol. The van der Waals surface area contributed by atoms with Gasteiger partial charge in [-0.15, -0.1) is 0 Å². The number of nitrogens with zero attached hydrogens (tertiary/aromatic N) is 3. The molecule has 0 radical (unpaired) electrons. The standard InChI is InChI=1S/C15H13BrFN3O2/c16-11-6-10(7-18-8-11)15(21)20-5-4-12(9-20)22-14-3-1-2-13(17)19-14/h1-3,6-8,12H,4-5,9H2. The number of hydrogen-bond donors (Lipinski definition) is 0. The number of amides is 1. The maximum atomic E-state index is 13.0. The highest BCUT2D eigenvalue weighted by atomic mass is 79.9. The number of aromatic nitrogens is 2. The highest BCUT2D eigenvalue weighted by Crippen LogP contribution is 2.19. The quantitative estimate of drug-likeness (QED) is 0.784. The summed E-state index contributed by atoms with van der Waals surface area (Å²) in [6, 6.07) is 6.14. The minimum Gasteiger partial charge on any atom is -0.472 e. The zero-order valence-corrected chi connectivity index (χ0v) is 13.2. The first-order chi connectivity index (χ1) is 10.6. The molecule has 1 saturated heterocycles. The molecule has 1 aliphatic heterocycles. The molecule has 22 heavy (non-hydrogen) atoms. The minimum atomic E-state index is -0.580. The van der Waals surface area contributed by atoms with Crippen LogP contribution in [0.15, 0.2) is 41.1 Å². The van der Waals surface area contributed by atoms with E-state index in [4.69, 9.17) is 4.74 Å². The normalized spacial score (nSPS) is 17.5. The van der Waals surface area contributed by atoms with Crippen molar-refractivity contribution in [2.24, 2.45) is 0 Å². The van der Waals surface area contributed by atoms with E-state index in [2.05, 4.69) is 25.9 Å². The second-order valence-corrected chi connectivity index (χ2v) is 5.89. The highest BCUT2D eigenvalue weighted by molar-refractivity contribution is 9.10. The molecule has 0 aromatic carbocycles. The Labute approximate surface area is 135 Å². The van der Waals surface area contributed by atoms with E-state index in [1.807, 2.05) is 0 Å². The van der Waals surface area contributed by atoms with Crippen LogP contribution < -0.4 is 4.74 Å². The number of rotatable bonds is 3. The van der Waals surface area contributed by atoms with E-state index in [9.17, 15) is 9.18 Å². The predicted molar refractivity (Wildman–Crippen MR) is 81.1 cm³/mol. The van der Waals surface area contributed by atoms with Crippen molar-refractivity contribution < 1.29 is 13.9 Å². The first-order valence-corrected chi connectivity index (χ1v) is 7.60. The molecule has 1 fully saturated rings. The Hall–Kier alpha value is -2.02. The van der Waals surface area contributed by atoms with E-state index in [1.54, 1.807) is 29.3 Å². The molecule has 3 heterocycles. The first-order valence-electron chi connectivity index (χ1n) is 6.81. The molecule has 3 rings (SSSR count). The largest absolute Gasteiger partial charge is 0.472 e. The van der Waals surface area contributed by atoms with Crippen molar-refractivity contribution in [3.05, 3.63) is 52.6 Å². The molecule has 0 saturated carbocycles. The van der Waals surface area contributed by atoms with Gasteiger partial charge in [0.25, 0.3) is 5.91 Å². The van der Waals surface area contributed by atoms with E-state index in [0.717, 1.165) is 4.47 Å². The average molecular weight is 366 g/mol. The highest BCUT2D eigenvalue weighted by Gasteiger charge is 2.28. The molecule has 0 spiro atoms. The fourth-order valence-electron chi connectivity index (χ4n) is 2.35. The summed E-state index contributed by atoms with van der Waals surface area (Å²) in [5.41, 5.74) is 0.527. The molecule has 1 atom stereocenters. The van der Waals surface area contributed by atoms with Crippen LogP contribution in [0.4, 0.5) is 4.39 Å². The number of carbonyl (C=O) groups is 1. The number of pyridine rings is 2. The number of hydrogen-bond acceptors (Lipinski definition) is 4. The minimum absolute atomic E-state index is 0.0906. The lowest BCUT2D eigenvalue weighted by atomic mass is 10.2. The lowest BCUT2D eigenvalue weighted by molar-refractivity contribution is 0.0770. The Kier molecular flexibility index (Phi) is 4.33. The summed E-state index contributed by atoms with van der Waals surface area (Å²) in [4.78, 5) is 21.8. The van der Waals surface area contributed by atoms with Crippen molar-refractivity contribution >= 4 is 21.8 Å². The van der Waals surface area contributed by atoms with E-state index in [-0.39, 0.29) is 17.9 Å². The molecule has 0 aliphatic carbocycles. The Morgan fingerprint density at radius 2 is 2.27 bits per heavy atom. The SMILES string of the molecule is O=C(c1cncc(Br)c1)N1CCC(Oc2cccc(F)n2)C1.